The number of thioether (sulfide) groups is 1. The number of nitrogens with zero attached hydrogens (tertiary/aromatic N) is 1. The summed E-state index contributed by atoms with van der Waals surface area (Å²) in [4.78, 5) is 5.55. The van der Waals surface area contributed by atoms with Gasteiger partial charge in [-0.05, 0) is 66.4 Å². The smallest absolute Gasteiger partial charge is 0.132 e. The van der Waals surface area contributed by atoms with Gasteiger partial charge < -0.3 is 0 Å². The minimum Gasteiger partial charge on any atom is -0.248 e. The Morgan fingerprint density at radius 2 is 1.58 bits per heavy atom. The van der Waals surface area contributed by atoms with Gasteiger partial charge in [0.25, 0.3) is 0 Å². The van der Waals surface area contributed by atoms with E-state index in [-0.39, 0.29) is 11.6 Å². The Hall–Kier alpha value is -2.72. The van der Waals surface area contributed by atoms with Gasteiger partial charge in [-0.3, -0.25) is 0 Å². The van der Waals surface area contributed by atoms with Crippen molar-refractivity contribution in [2.75, 3.05) is 0 Å². The molecule has 3 aromatic carbocycles. The molecule has 0 saturated carbocycles. The molecule has 0 unspecified atom stereocenters. The lowest BCUT2D eigenvalue weighted by molar-refractivity contribution is 0.625. The maximum Gasteiger partial charge on any atom is 0.132 e. The minimum atomic E-state index is -0.323. The van der Waals surface area contributed by atoms with Crippen molar-refractivity contribution < 1.29 is 8.78 Å². The van der Waals surface area contributed by atoms with E-state index in [1.54, 1.807) is 36.4 Å². The van der Waals surface area contributed by atoms with Crippen LogP contribution in [0.2, 0.25) is 0 Å². The van der Waals surface area contributed by atoms with Crippen LogP contribution in [0.15, 0.2) is 94.2 Å². The lowest BCUT2D eigenvalue weighted by Crippen LogP contribution is -2.00. The minimum absolute atomic E-state index is 0.272. The molecule has 0 bridgehead atoms. The predicted octanol–water partition coefficient (Wildman–Crippen LogP) is 6.70. The third-order valence-electron chi connectivity index (χ3n) is 3.75. The summed E-state index contributed by atoms with van der Waals surface area (Å²) in [6.45, 7) is 1.97. The molecule has 0 aromatic heterocycles. The molecule has 0 spiro atoms. The molecule has 3 aromatic rings. The van der Waals surface area contributed by atoms with E-state index in [4.69, 9.17) is 0 Å². The van der Waals surface area contributed by atoms with E-state index in [0.29, 0.717) is 11.3 Å². The second-order valence-electron chi connectivity index (χ2n) is 5.64. The Kier molecular flexibility index (Phi) is 5.97. The molecule has 0 aliphatic carbocycles. The summed E-state index contributed by atoms with van der Waals surface area (Å²) in [6.07, 6.45) is 1.78. The topological polar surface area (TPSA) is 12.4 Å². The number of para-hydroxylation sites is 1. The molecule has 0 fully saturated rings. The highest BCUT2D eigenvalue weighted by Gasteiger charge is 2.07. The van der Waals surface area contributed by atoms with Gasteiger partial charge in [-0.15, -0.1) is 0 Å². The van der Waals surface area contributed by atoms with Crippen LogP contribution in [-0.2, 0) is 0 Å². The van der Waals surface area contributed by atoms with Crippen molar-refractivity contribution in [1.29, 1.82) is 0 Å². The molecule has 4 heteroatoms. The predicted molar refractivity (Wildman–Crippen MR) is 105 cm³/mol. The Morgan fingerprint density at radius 1 is 0.885 bits per heavy atom. The van der Waals surface area contributed by atoms with Crippen molar-refractivity contribution in [3.8, 4) is 0 Å². The largest absolute Gasteiger partial charge is 0.248 e. The molecule has 26 heavy (non-hydrogen) atoms. The van der Waals surface area contributed by atoms with E-state index in [1.165, 1.54) is 30.0 Å². The van der Waals surface area contributed by atoms with Crippen LogP contribution in [0.3, 0.4) is 0 Å². The number of aliphatic imine (C=N–C) groups is 1. The third kappa shape index (κ3) is 4.67. The Balaban J connectivity index is 1.93. The monoisotopic (exact) mass is 365 g/mol. The van der Waals surface area contributed by atoms with Crippen molar-refractivity contribution in [2.24, 2.45) is 4.99 Å². The zero-order valence-electron chi connectivity index (χ0n) is 14.2. The van der Waals surface area contributed by atoms with Crippen molar-refractivity contribution in [2.45, 2.75) is 11.8 Å². The van der Waals surface area contributed by atoms with Gasteiger partial charge in [-0.25, -0.2) is 13.8 Å². The highest BCUT2D eigenvalue weighted by molar-refractivity contribution is 8.02. The fourth-order valence-corrected chi connectivity index (χ4v) is 3.01. The van der Waals surface area contributed by atoms with Crippen LogP contribution in [-0.4, -0.2) is 5.71 Å². The Bertz CT molecular complexity index is 946. The average molecular weight is 365 g/mol. The zero-order valence-corrected chi connectivity index (χ0v) is 15.0. The van der Waals surface area contributed by atoms with Crippen LogP contribution in [0, 0.1) is 18.6 Å². The molecule has 0 heterocycles. The van der Waals surface area contributed by atoms with Crippen LogP contribution in [0.5, 0.6) is 0 Å². The van der Waals surface area contributed by atoms with Gasteiger partial charge in [0.2, 0.25) is 0 Å². The molecule has 0 amide bonds. The molecule has 130 valence electrons. The fourth-order valence-electron chi connectivity index (χ4n) is 2.37. The van der Waals surface area contributed by atoms with Gasteiger partial charge >= 0.3 is 0 Å². The highest BCUT2D eigenvalue weighted by atomic mass is 32.2. The molecule has 0 aliphatic heterocycles. The van der Waals surface area contributed by atoms with Crippen molar-refractivity contribution in [3.05, 3.63) is 107 Å². The van der Waals surface area contributed by atoms with Crippen LogP contribution < -0.4 is 0 Å². The molecule has 0 saturated heterocycles. The first-order chi connectivity index (χ1) is 12.6. The van der Waals surface area contributed by atoms with Crippen LogP contribution >= 0.6 is 11.8 Å². The summed E-state index contributed by atoms with van der Waals surface area (Å²) in [5, 5.41) is 1.83. The SMILES string of the molecule is Cc1ccccc1N=C(C=CSc1ccc(F)cc1)c1ccccc1F. The highest BCUT2D eigenvalue weighted by Crippen LogP contribution is 2.23. The van der Waals surface area contributed by atoms with Gasteiger partial charge in [0, 0.05) is 10.5 Å². The van der Waals surface area contributed by atoms with Gasteiger partial charge in [0.15, 0.2) is 0 Å². The number of hydrogen-bond donors (Lipinski definition) is 0. The maximum absolute atomic E-state index is 14.3. The second kappa shape index (κ2) is 8.59. The second-order valence-corrected chi connectivity index (χ2v) is 6.62. The maximum atomic E-state index is 14.3. The number of halogens is 2. The Morgan fingerprint density at radius 3 is 2.31 bits per heavy atom. The van der Waals surface area contributed by atoms with Gasteiger partial charge in [-0.2, -0.15) is 0 Å². The molecular weight excluding hydrogens is 348 g/mol. The first-order valence-corrected chi connectivity index (χ1v) is 8.99. The lowest BCUT2D eigenvalue weighted by atomic mass is 10.1. The molecule has 0 radical (unpaired) electrons. The van der Waals surface area contributed by atoms with E-state index in [1.807, 2.05) is 36.6 Å². The standard InChI is InChI=1S/C22H17F2NS/c1-16-6-2-5-9-21(16)25-22(19-7-3-4-8-20(19)24)14-15-26-18-12-10-17(23)11-13-18/h2-15H,1H3. The van der Waals surface area contributed by atoms with Crippen molar-refractivity contribution in [3.63, 3.8) is 0 Å². The summed E-state index contributed by atoms with van der Waals surface area (Å²) in [5.41, 5.74) is 2.78. The normalized spacial score (nSPS) is 11.9. The van der Waals surface area contributed by atoms with E-state index in [0.717, 1.165) is 16.1 Å². The third-order valence-corrected chi connectivity index (χ3v) is 4.57. The van der Waals surface area contributed by atoms with Gasteiger partial charge in [-0.1, -0.05) is 42.1 Å². The number of benzene rings is 3. The Labute approximate surface area is 156 Å². The van der Waals surface area contributed by atoms with Gasteiger partial charge in [0.1, 0.15) is 11.6 Å². The summed E-state index contributed by atoms with van der Waals surface area (Å²) in [5.74, 6) is -0.595. The first kappa shape index (κ1) is 18.1. The van der Waals surface area contributed by atoms with Crippen molar-refractivity contribution >= 4 is 23.2 Å². The number of aryl methyl sites for hydroxylation is 1. The summed E-state index contributed by atoms with van der Waals surface area (Å²) >= 11 is 1.42. The van der Waals surface area contributed by atoms with E-state index < -0.39 is 0 Å². The first-order valence-electron chi connectivity index (χ1n) is 8.11. The van der Waals surface area contributed by atoms with E-state index >= 15 is 0 Å². The molecular formula is C22H17F2NS. The van der Waals surface area contributed by atoms with E-state index in [9.17, 15) is 8.78 Å². The number of allylic oxidation sites excluding steroid dienone is 1. The molecule has 3 rings (SSSR count). The number of hydrogen-bond acceptors (Lipinski definition) is 2. The van der Waals surface area contributed by atoms with Crippen LogP contribution in [0.4, 0.5) is 14.5 Å². The summed E-state index contributed by atoms with van der Waals surface area (Å²) in [7, 11) is 0. The zero-order chi connectivity index (χ0) is 18.4. The summed E-state index contributed by atoms with van der Waals surface area (Å²) in [6, 6.07) is 20.5. The molecule has 1 nitrogen and oxygen atoms in total. The average Bonchev–Trinajstić information content (AvgIpc) is 2.65. The molecule has 0 N–H and O–H groups in total. The quantitative estimate of drug-likeness (QED) is 0.362. The fraction of sp³-hybridized carbons (Fsp3) is 0.0455. The van der Waals surface area contributed by atoms with E-state index in [2.05, 4.69) is 4.99 Å². The molecule has 0 aliphatic rings. The molecule has 0 atom stereocenters. The van der Waals surface area contributed by atoms with Crippen LogP contribution in [0.1, 0.15) is 11.1 Å². The summed E-state index contributed by atoms with van der Waals surface area (Å²) < 4.78 is 27.3. The van der Waals surface area contributed by atoms with Crippen molar-refractivity contribution in [1.82, 2.24) is 0 Å². The van der Waals surface area contributed by atoms with Gasteiger partial charge in [0.05, 0.1) is 11.4 Å². The number of rotatable bonds is 5. The lowest BCUT2D eigenvalue weighted by Gasteiger charge is -2.06. The van der Waals surface area contributed by atoms with Crippen LogP contribution in [0.25, 0.3) is 0 Å².